The molecule has 1 saturated heterocycles. The molecule has 1 rings (SSSR count). The number of hydrogen-bond donors (Lipinski definition) is 2. The van der Waals surface area contributed by atoms with Gasteiger partial charge in [0, 0.05) is 19.6 Å². The Morgan fingerprint density at radius 3 is 2.25 bits per heavy atom. The predicted molar refractivity (Wildman–Crippen MR) is 82.7 cm³/mol. The monoisotopic (exact) mass is 284 g/mol. The fourth-order valence-electron chi connectivity index (χ4n) is 2.74. The van der Waals surface area contributed by atoms with E-state index in [9.17, 15) is 9.90 Å². The lowest BCUT2D eigenvalue weighted by atomic mass is 10.1. The average Bonchev–Trinajstić information content (AvgIpc) is 2.87. The van der Waals surface area contributed by atoms with Crippen LogP contribution < -0.4 is 5.32 Å². The van der Waals surface area contributed by atoms with Crippen molar-refractivity contribution in [2.75, 3.05) is 19.6 Å². The minimum absolute atomic E-state index is 0.169. The van der Waals surface area contributed by atoms with Gasteiger partial charge in [0.25, 0.3) is 0 Å². The van der Waals surface area contributed by atoms with E-state index in [1.807, 2.05) is 4.90 Å². The van der Waals surface area contributed by atoms with E-state index in [1.165, 1.54) is 32.1 Å². The van der Waals surface area contributed by atoms with Gasteiger partial charge in [-0.25, -0.2) is 0 Å². The molecule has 1 aliphatic heterocycles. The summed E-state index contributed by atoms with van der Waals surface area (Å²) >= 11 is 0. The number of carbonyl (C=O) groups is 1. The maximum atomic E-state index is 12.5. The molecule has 1 amide bonds. The van der Waals surface area contributed by atoms with Crippen LogP contribution in [0.5, 0.6) is 0 Å². The van der Waals surface area contributed by atoms with Crippen molar-refractivity contribution in [1.29, 1.82) is 0 Å². The zero-order valence-corrected chi connectivity index (χ0v) is 13.2. The lowest BCUT2D eigenvalue weighted by Gasteiger charge is -2.26. The Bertz CT molecular complexity index is 271. The molecule has 1 fully saturated rings. The van der Waals surface area contributed by atoms with Crippen LogP contribution in [0.25, 0.3) is 0 Å². The van der Waals surface area contributed by atoms with Gasteiger partial charge in [0.1, 0.15) is 0 Å². The Labute approximate surface area is 123 Å². The molecule has 0 aromatic rings. The molecule has 20 heavy (non-hydrogen) atoms. The summed E-state index contributed by atoms with van der Waals surface area (Å²) in [6.45, 7) is 6.68. The van der Waals surface area contributed by atoms with E-state index in [4.69, 9.17) is 0 Å². The highest BCUT2D eigenvalue weighted by molar-refractivity contribution is 5.82. The Kier molecular flexibility index (Phi) is 8.86. The SMILES string of the molecule is CCCCCCN(CCCCC)C(=O)[C@@H]1CC(O)CN1. The number of amides is 1. The first-order valence-electron chi connectivity index (χ1n) is 8.39. The number of aliphatic hydroxyl groups is 1. The number of carbonyl (C=O) groups excluding carboxylic acids is 1. The quantitative estimate of drug-likeness (QED) is 0.605. The van der Waals surface area contributed by atoms with Crippen LogP contribution in [-0.2, 0) is 4.79 Å². The van der Waals surface area contributed by atoms with Gasteiger partial charge in [0.05, 0.1) is 12.1 Å². The van der Waals surface area contributed by atoms with Gasteiger partial charge in [0.2, 0.25) is 5.91 Å². The van der Waals surface area contributed by atoms with Crippen LogP contribution in [0.4, 0.5) is 0 Å². The molecule has 0 saturated carbocycles. The molecule has 4 heteroatoms. The minimum Gasteiger partial charge on any atom is -0.392 e. The van der Waals surface area contributed by atoms with Crippen LogP contribution in [0.2, 0.25) is 0 Å². The molecule has 1 aliphatic rings. The van der Waals surface area contributed by atoms with Crippen molar-refractivity contribution in [3.8, 4) is 0 Å². The Morgan fingerprint density at radius 2 is 1.70 bits per heavy atom. The van der Waals surface area contributed by atoms with Crippen molar-refractivity contribution in [2.24, 2.45) is 0 Å². The first-order valence-corrected chi connectivity index (χ1v) is 8.39. The van der Waals surface area contributed by atoms with Crippen molar-refractivity contribution >= 4 is 5.91 Å². The molecule has 0 bridgehead atoms. The highest BCUT2D eigenvalue weighted by Gasteiger charge is 2.30. The fraction of sp³-hybridized carbons (Fsp3) is 0.938. The van der Waals surface area contributed by atoms with E-state index in [1.54, 1.807) is 0 Å². The van der Waals surface area contributed by atoms with Gasteiger partial charge >= 0.3 is 0 Å². The fourth-order valence-corrected chi connectivity index (χ4v) is 2.74. The van der Waals surface area contributed by atoms with Crippen LogP contribution >= 0.6 is 0 Å². The zero-order chi connectivity index (χ0) is 14.8. The minimum atomic E-state index is -0.360. The van der Waals surface area contributed by atoms with Gasteiger partial charge in [-0.2, -0.15) is 0 Å². The second-order valence-corrected chi connectivity index (χ2v) is 5.94. The van der Waals surface area contributed by atoms with E-state index in [0.29, 0.717) is 13.0 Å². The predicted octanol–water partition coefficient (Wildman–Crippen LogP) is 2.31. The van der Waals surface area contributed by atoms with Crippen molar-refractivity contribution in [3.63, 3.8) is 0 Å². The number of nitrogens with one attached hydrogen (secondary N) is 1. The number of hydrogen-bond acceptors (Lipinski definition) is 3. The molecular weight excluding hydrogens is 252 g/mol. The van der Waals surface area contributed by atoms with Gasteiger partial charge in [-0.3, -0.25) is 4.79 Å². The smallest absolute Gasteiger partial charge is 0.239 e. The van der Waals surface area contributed by atoms with Crippen molar-refractivity contribution < 1.29 is 9.90 Å². The molecule has 4 nitrogen and oxygen atoms in total. The molecule has 1 heterocycles. The van der Waals surface area contributed by atoms with Gasteiger partial charge in [-0.1, -0.05) is 46.0 Å². The lowest BCUT2D eigenvalue weighted by molar-refractivity contribution is -0.133. The largest absolute Gasteiger partial charge is 0.392 e. The van der Waals surface area contributed by atoms with Crippen molar-refractivity contribution in [2.45, 2.75) is 77.4 Å². The van der Waals surface area contributed by atoms with Crippen molar-refractivity contribution in [1.82, 2.24) is 10.2 Å². The average molecular weight is 284 g/mol. The van der Waals surface area contributed by atoms with Gasteiger partial charge in [-0.15, -0.1) is 0 Å². The number of aliphatic hydroxyl groups excluding tert-OH is 1. The number of β-amino-alcohol motifs (C(OH)–C–C–N with tert-alkyl or cyclic N) is 1. The van der Waals surface area contributed by atoms with Crippen LogP contribution in [-0.4, -0.2) is 47.7 Å². The molecule has 0 radical (unpaired) electrons. The van der Waals surface area contributed by atoms with E-state index in [2.05, 4.69) is 19.2 Å². The van der Waals surface area contributed by atoms with E-state index in [0.717, 1.165) is 25.9 Å². The number of rotatable bonds is 10. The highest BCUT2D eigenvalue weighted by Crippen LogP contribution is 2.12. The van der Waals surface area contributed by atoms with Gasteiger partial charge in [-0.05, 0) is 19.3 Å². The summed E-state index contributed by atoms with van der Waals surface area (Å²) in [6.07, 6.45) is 8.43. The normalized spacial score (nSPS) is 22.1. The molecule has 1 unspecified atom stereocenters. The highest BCUT2D eigenvalue weighted by atomic mass is 16.3. The first kappa shape index (κ1) is 17.4. The summed E-state index contributed by atoms with van der Waals surface area (Å²) < 4.78 is 0. The summed E-state index contributed by atoms with van der Waals surface area (Å²) in [7, 11) is 0. The molecule has 0 aromatic heterocycles. The maximum Gasteiger partial charge on any atom is 0.239 e. The third kappa shape index (κ3) is 6.23. The Hall–Kier alpha value is -0.610. The molecule has 118 valence electrons. The number of unbranched alkanes of at least 4 members (excludes halogenated alkanes) is 5. The molecular formula is C16H32N2O2. The summed E-state index contributed by atoms with van der Waals surface area (Å²) in [5, 5.41) is 12.7. The Morgan fingerprint density at radius 1 is 1.10 bits per heavy atom. The second kappa shape index (κ2) is 10.2. The molecule has 0 aromatic carbocycles. The standard InChI is InChI=1S/C16H32N2O2/c1-3-5-7-9-11-18(10-8-6-4-2)16(20)15-12-14(19)13-17-15/h14-15,17,19H,3-13H2,1-2H3/t14?,15-/m0/s1. The maximum absolute atomic E-state index is 12.5. The van der Waals surface area contributed by atoms with Crippen LogP contribution in [0.15, 0.2) is 0 Å². The summed E-state index contributed by atoms with van der Waals surface area (Å²) in [4.78, 5) is 14.5. The van der Waals surface area contributed by atoms with Gasteiger partial charge < -0.3 is 15.3 Å². The number of nitrogens with zero attached hydrogens (tertiary/aromatic N) is 1. The van der Waals surface area contributed by atoms with E-state index < -0.39 is 0 Å². The molecule has 0 spiro atoms. The van der Waals surface area contributed by atoms with Crippen LogP contribution in [0.3, 0.4) is 0 Å². The first-order chi connectivity index (χ1) is 9.69. The molecule has 2 atom stereocenters. The summed E-state index contributed by atoms with van der Waals surface area (Å²) in [5.41, 5.74) is 0. The Balaban J connectivity index is 2.40. The van der Waals surface area contributed by atoms with Crippen LogP contribution in [0.1, 0.15) is 65.2 Å². The second-order valence-electron chi connectivity index (χ2n) is 5.94. The van der Waals surface area contributed by atoms with E-state index in [-0.39, 0.29) is 18.1 Å². The van der Waals surface area contributed by atoms with Gasteiger partial charge in [0.15, 0.2) is 0 Å². The third-order valence-electron chi connectivity index (χ3n) is 4.03. The third-order valence-corrected chi connectivity index (χ3v) is 4.03. The van der Waals surface area contributed by atoms with Crippen LogP contribution in [0, 0.1) is 0 Å². The summed E-state index contributed by atoms with van der Waals surface area (Å²) in [5.74, 6) is 0.189. The lowest BCUT2D eigenvalue weighted by Crippen LogP contribution is -2.44. The molecule has 0 aliphatic carbocycles. The summed E-state index contributed by atoms with van der Waals surface area (Å²) in [6, 6.07) is -0.169. The van der Waals surface area contributed by atoms with E-state index >= 15 is 0 Å². The van der Waals surface area contributed by atoms with Crippen molar-refractivity contribution in [3.05, 3.63) is 0 Å². The molecule has 2 N–H and O–H groups in total. The zero-order valence-electron chi connectivity index (χ0n) is 13.2. The topological polar surface area (TPSA) is 52.6 Å².